The molecule has 4 rings (SSSR count). The molecule has 1 saturated heterocycles. The number of anilines is 1. The number of nitrogens with one attached hydrogen (secondary N) is 1. The van der Waals surface area contributed by atoms with E-state index < -0.39 is 11.1 Å². The number of amides is 1. The van der Waals surface area contributed by atoms with E-state index in [-0.39, 0.29) is 27.3 Å². The first-order chi connectivity index (χ1) is 14.5. The largest absolute Gasteiger partial charge is 0.357 e. The second-order valence-corrected chi connectivity index (χ2v) is 7.43. The van der Waals surface area contributed by atoms with Gasteiger partial charge >= 0.3 is 0 Å². The van der Waals surface area contributed by atoms with Gasteiger partial charge in [0.15, 0.2) is 0 Å². The molecule has 1 atom stereocenters. The summed E-state index contributed by atoms with van der Waals surface area (Å²) in [5.74, 6) is -0.342. The normalized spacial score (nSPS) is 17.3. The van der Waals surface area contributed by atoms with Gasteiger partial charge in [-0.15, -0.1) is 0 Å². The number of halogens is 2. The van der Waals surface area contributed by atoms with Gasteiger partial charge in [0.05, 0.1) is 20.7 Å². The molecule has 1 N–H and O–H groups in total. The average Bonchev–Trinajstić information content (AvgIpc) is 3.05. The Hall–Kier alpha value is -3.35. The molecule has 0 aromatic heterocycles. The zero-order valence-corrected chi connectivity index (χ0v) is 17.0. The fraction of sp³-hybridized carbons (Fsp3) is 0.0455. The van der Waals surface area contributed by atoms with Gasteiger partial charge in [0.2, 0.25) is 0 Å². The molecule has 1 aliphatic heterocycles. The summed E-state index contributed by atoms with van der Waals surface area (Å²) in [5, 5.41) is 14.4. The van der Waals surface area contributed by atoms with E-state index in [0.29, 0.717) is 5.70 Å². The van der Waals surface area contributed by atoms with E-state index in [1.54, 1.807) is 6.08 Å². The van der Waals surface area contributed by atoms with Crippen molar-refractivity contribution in [2.75, 3.05) is 4.90 Å². The van der Waals surface area contributed by atoms with Gasteiger partial charge in [-0.3, -0.25) is 19.8 Å². The Kier molecular flexibility index (Phi) is 5.44. The van der Waals surface area contributed by atoms with Crippen molar-refractivity contribution in [3.8, 4) is 0 Å². The van der Waals surface area contributed by atoms with E-state index in [4.69, 9.17) is 23.2 Å². The van der Waals surface area contributed by atoms with Crippen molar-refractivity contribution in [1.29, 1.82) is 0 Å². The number of carbonyl (C=O) groups excluding carboxylic acids is 1. The number of hydrogen-bond acceptors (Lipinski definition) is 4. The maximum atomic E-state index is 13.4. The Labute approximate surface area is 182 Å². The Balaban J connectivity index is 1.84. The molecule has 150 valence electrons. The molecule has 1 heterocycles. The van der Waals surface area contributed by atoms with Gasteiger partial charge in [-0.2, -0.15) is 0 Å². The standard InChI is InChI=1S/C22H15Cl2N3O3/c23-17-12-16(27(29)30)13-18(24)20(17)26-21(15-9-5-2-6-10-15)25-19(22(26)28)11-14-7-3-1-4-8-14/h1-13,21,25H. The van der Waals surface area contributed by atoms with Gasteiger partial charge in [0.1, 0.15) is 11.9 Å². The van der Waals surface area contributed by atoms with Crippen molar-refractivity contribution >= 4 is 46.6 Å². The summed E-state index contributed by atoms with van der Waals surface area (Å²) in [6, 6.07) is 21.1. The fourth-order valence-electron chi connectivity index (χ4n) is 3.33. The molecule has 6 nitrogen and oxygen atoms in total. The molecule has 1 unspecified atom stereocenters. The lowest BCUT2D eigenvalue weighted by Crippen LogP contribution is -2.30. The maximum Gasteiger partial charge on any atom is 0.276 e. The summed E-state index contributed by atoms with van der Waals surface area (Å²) in [7, 11) is 0. The number of benzene rings is 3. The van der Waals surface area contributed by atoms with Crippen molar-refractivity contribution in [3.63, 3.8) is 0 Å². The number of rotatable bonds is 4. The number of nitro groups is 1. The number of nitro benzene ring substituents is 1. The van der Waals surface area contributed by atoms with Crippen molar-refractivity contribution in [1.82, 2.24) is 5.32 Å². The van der Waals surface area contributed by atoms with Gasteiger partial charge in [0.25, 0.3) is 11.6 Å². The lowest BCUT2D eigenvalue weighted by molar-refractivity contribution is -0.384. The van der Waals surface area contributed by atoms with E-state index in [0.717, 1.165) is 11.1 Å². The van der Waals surface area contributed by atoms with Crippen molar-refractivity contribution in [2.45, 2.75) is 6.17 Å². The molecule has 1 amide bonds. The van der Waals surface area contributed by atoms with Crippen LogP contribution in [0.3, 0.4) is 0 Å². The predicted molar refractivity (Wildman–Crippen MR) is 117 cm³/mol. The Morgan fingerprint density at radius 1 is 0.967 bits per heavy atom. The predicted octanol–water partition coefficient (Wildman–Crippen LogP) is 5.58. The van der Waals surface area contributed by atoms with Crippen LogP contribution in [0.25, 0.3) is 6.08 Å². The van der Waals surface area contributed by atoms with Crippen LogP contribution < -0.4 is 10.2 Å². The van der Waals surface area contributed by atoms with Gasteiger partial charge in [-0.05, 0) is 17.2 Å². The SMILES string of the molecule is O=C1C(=Cc2ccccc2)NC(c2ccccc2)N1c1c(Cl)cc([N+](=O)[O-])cc1Cl. The third-order valence-corrected chi connectivity index (χ3v) is 5.26. The maximum absolute atomic E-state index is 13.4. The highest BCUT2D eigenvalue weighted by molar-refractivity contribution is 6.40. The molecule has 0 spiro atoms. The third kappa shape index (κ3) is 3.75. The number of non-ortho nitro benzene ring substituents is 1. The van der Waals surface area contributed by atoms with Gasteiger partial charge < -0.3 is 5.32 Å². The highest BCUT2D eigenvalue weighted by Gasteiger charge is 2.39. The van der Waals surface area contributed by atoms with Crippen molar-refractivity contribution < 1.29 is 9.72 Å². The van der Waals surface area contributed by atoms with Crippen LogP contribution in [0, 0.1) is 10.1 Å². The molecule has 0 radical (unpaired) electrons. The van der Waals surface area contributed by atoms with Crippen LogP contribution in [-0.2, 0) is 4.79 Å². The summed E-state index contributed by atoms with van der Waals surface area (Å²) in [5.41, 5.74) is 1.99. The van der Waals surface area contributed by atoms with Crippen LogP contribution in [0.15, 0.2) is 78.5 Å². The molecule has 0 bridgehead atoms. The molecule has 1 fully saturated rings. The first kappa shape index (κ1) is 19.9. The monoisotopic (exact) mass is 439 g/mol. The molecule has 30 heavy (non-hydrogen) atoms. The second kappa shape index (κ2) is 8.18. The minimum Gasteiger partial charge on any atom is -0.357 e. The van der Waals surface area contributed by atoms with Crippen LogP contribution in [0.4, 0.5) is 11.4 Å². The highest BCUT2D eigenvalue weighted by Crippen LogP contribution is 2.43. The first-order valence-electron chi connectivity index (χ1n) is 9.01. The molecule has 3 aromatic carbocycles. The average molecular weight is 440 g/mol. The van der Waals surface area contributed by atoms with E-state index >= 15 is 0 Å². The molecular weight excluding hydrogens is 425 g/mol. The topological polar surface area (TPSA) is 75.5 Å². The summed E-state index contributed by atoms with van der Waals surface area (Å²) < 4.78 is 0. The van der Waals surface area contributed by atoms with E-state index in [9.17, 15) is 14.9 Å². The summed E-state index contributed by atoms with van der Waals surface area (Å²) >= 11 is 12.7. The molecule has 0 saturated carbocycles. The minimum absolute atomic E-state index is 0.0197. The van der Waals surface area contributed by atoms with E-state index in [2.05, 4.69) is 5.32 Å². The van der Waals surface area contributed by atoms with E-state index in [1.165, 1.54) is 17.0 Å². The number of nitrogens with zero attached hydrogens (tertiary/aromatic N) is 2. The molecule has 8 heteroatoms. The van der Waals surface area contributed by atoms with Crippen LogP contribution in [0.1, 0.15) is 17.3 Å². The van der Waals surface area contributed by atoms with Crippen molar-refractivity contribution in [3.05, 3.63) is 110 Å². The third-order valence-electron chi connectivity index (χ3n) is 4.68. The van der Waals surface area contributed by atoms with Crippen molar-refractivity contribution in [2.24, 2.45) is 0 Å². The summed E-state index contributed by atoms with van der Waals surface area (Å²) in [6.45, 7) is 0. The summed E-state index contributed by atoms with van der Waals surface area (Å²) in [6.07, 6.45) is 1.16. The smallest absolute Gasteiger partial charge is 0.276 e. The zero-order chi connectivity index (χ0) is 21.3. The van der Waals surface area contributed by atoms with Crippen LogP contribution >= 0.6 is 23.2 Å². The Morgan fingerprint density at radius 3 is 2.10 bits per heavy atom. The van der Waals surface area contributed by atoms with Gasteiger partial charge in [-0.25, -0.2) is 0 Å². The first-order valence-corrected chi connectivity index (χ1v) is 9.76. The highest BCUT2D eigenvalue weighted by atomic mass is 35.5. The Morgan fingerprint density at radius 2 is 1.53 bits per heavy atom. The lowest BCUT2D eigenvalue weighted by Gasteiger charge is -2.25. The second-order valence-electron chi connectivity index (χ2n) is 6.62. The molecule has 3 aromatic rings. The minimum atomic E-state index is -0.582. The fourth-order valence-corrected chi connectivity index (χ4v) is 3.98. The number of hydrogen-bond donors (Lipinski definition) is 1. The quantitative estimate of drug-likeness (QED) is 0.327. The summed E-state index contributed by atoms with van der Waals surface area (Å²) in [4.78, 5) is 25.3. The van der Waals surface area contributed by atoms with Gasteiger partial charge in [0, 0.05) is 12.1 Å². The van der Waals surface area contributed by atoms with Crippen LogP contribution in [-0.4, -0.2) is 10.8 Å². The Bertz CT molecular complexity index is 1130. The molecule has 1 aliphatic rings. The van der Waals surface area contributed by atoms with Crippen LogP contribution in [0.2, 0.25) is 10.0 Å². The molecular formula is C22H15Cl2N3O3. The van der Waals surface area contributed by atoms with Crippen LogP contribution in [0.5, 0.6) is 0 Å². The van der Waals surface area contributed by atoms with Gasteiger partial charge in [-0.1, -0.05) is 83.9 Å². The zero-order valence-electron chi connectivity index (χ0n) is 15.5. The number of carbonyl (C=O) groups is 1. The molecule has 0 aliphatic carbocycles. The van der Waals surface area contributed by atoms with E-state index in [1.807, 2.05) is 60.7 Å². The lowest BCUT2D eigenvalue weighted by atomic mass is 10.1.